The predicted molar refractivity (Wildman–Crippen MR) is 165 cm³/mol. The summed E-state index contributed by atoms with van der Waals surface area (Å²) in [6, 6.07) is 20.4. The molecule has 0 bridgehead atoms. The lowest BCUT2D eigenvalue weighted by Gasteiger charge is -2.27. The molecule has 9 heteroatoms. The normalized spacial score (nSPS) is 10.5. The third-order valence-electron chi connectivity index (χ3n) is 6.76. The molecular weight excluding hydrogens is 534 g/mol. The maximum absolute atomic E-state index is 12.7. The van der Waals surface area contributed by atoms with E-state index in [9.17, 15) is 14.4 Å². The van der Waals surface area contributed by atoms with Crippen LogP contribution in [0.25, 0.3) is 0 Å². The molecule has 0 aliphatic heterocycles. The van der Waals surface area contributed by atoms with E-state index in [0.717, 1.165) is 25.7 Å². The lowest BCUT2D eigenvalue weighted by atomic mass is 10.1. The Morgan fingerprint density at radius 3 is 1.05 bits per heavy atom. The molecule has 0 fully saturated rings. The van der Waals surface area contributed by atoms with Gasteiger partial charge in [0.2, 0.25) is 0 Å². The maximum atomic E-state index is 12.7. The van der Waals surface area contributed by atoms with E-state index in [2.05, 4.69) is 24.3 Å². The second-order valence-electron chi connectivity index (χ2n) is 9.94. The van der Waals surface area contributed by atoms with Gasteiger partial charge in [-0.05, 0) is 70.4 Å². The molecule has 0 radical (unpaired) electrons. The standard InChI is InChI=1S/C33H49N3O6/c1-4-40-31(37)34(23-13-21-29-17-9-7-10-18-29)25-15-27-36(33(39)42-6-3)28-16-26-35(32(38)41-5-2)24-14-22-30-19-11-8-12-20-30/h7-12,17-20H,4-6,13-16,21-28H2,1-3H3. The number of hydrogen-bond donors (Lipinski definition) is 0. The van der Waals surface area contributed by atoms with Crippen LogP contribution >= 0.6 is 0 Å². The average Bonchev–Trinajstić information content (AvgIpc) is 3.00. The van der Waals surface area contributed by atoms with E-state index in [4.69, 9.17) is 14.2 Å². The van der Waals surface area contributed by atoms with Crippen molar-refractivity contribution in [3.8, 4) is 0 Å². The van der Waals surface area contributed by atoms with Crippen LogP contribution in [0, 0.1) is 0 Å². The first-order chi connectivity index (χ1) is 20.5. The van der Waals surface area contributed by atoms with Crippen molar-refractivity contribution < 1.29 is 28.6 Å². The molecule has 0 heterocycles. The number of carbonyl (C=O) groups excluding carboxylic acids is 3. The van der Waals surface area contributed by atoms with E-state index in [1.807, 2.05) is 36.4 Å². The molecule has 0 N–H and O–H groups in total. The summed E-state index contributed by atoms with van der Waals surface area (Å²) in [6.07, 6.45) is 3.47. The first kappa shape index (κ1) is 34.5. The van der Waals surface area contributed by atoms with Gasteiger partial charge < -0.3 is 28.9 Å². The third-order valence-corrected chi connectivity index (χ3v) is 6.76. The SMILES string of the molecule is CCOC(=O)N(CCCc1ccccc1)CCCN(CCCN(CCCc1ccccc1)C(=O)OCC)C(=O)OCC. The third kappa shape index (κ3) is 13.7. The quantitative estimate of drug-likeness (QED) is 0.178. The zero-order chi connectivity index (χ0) is 30.4. The largest absolute Gasteiger partial charge is 0.450 e. The monoisotopic (exact) mass is 583 g/mol. The van der Waals surface area contributed by atoms with Crippen molar-refractivity contribution in [1.29, 1.82) is 0 Å². The van der Waals surface area contributed by atoms with Crippen LogP contribution in [0.1, 0.15) is 57.6 Å². The topological polar surface area (TPSA) is 88.6 Å². The van der Waals surface area contributed by atoms with E-state index in [1.165, 1.54) is 11.1 Å². The highest BCUT2D eigenvalue weighted by molar-refractivity contribution is 5.68. The molecule has 0 atom stereocenters. The highest BCUT2D eigenvalue weighted by Gasteiger charge is 2.20. The highest BCUT2D eigenvalue weighted by atomic mass is 16.6. The van der Waals surface area contributed by atoms with E-state index in [1.54, 1.807) is 35.5 Å². The van der Waals surface area contributed by atoms with Gasteiger partial charge in [0.25, 0.3) is 0 Å². The van der Waals surface area contributed by atoms with Crippen LogP contribution in [-0.4, -0.2) is 92.1 Å². The van der Waals surface area contributed by atoms with Crippen molar-refractivity contribution in [2.75, 3.05) is 59.1 Å². The van der Waals surface area contributed by atoms with Gasteiger partial charge in [-0.3, -0.25) is 0 Å². The van der Waals surface area contributed by atoms with Gasteiger partial charge >= 0.3 is 18.3 Å². The molecule has 42 heavy (non-hydrogen) atoms. The second kappa shape index (κ2) is 21.0. The number of ether oxygens (including phenoxy) is 3. The molecule has 2 rings (SSSR count). The number of nitrogens with zero attached hydrogens (tertiary/aromatic N) is 3. The van der Waals surface area contributed by atoms with Crippen LogP contribution in [-0.2, 0) is 27.1 Å². The summed E-state index contributed by atoms with van der Waals surface area (Å²) in [7, 11) is 0. The number of amides is 3. The molecule has 0 aliphatic carbocycles. The number of benzene rings is 2. The molecule has 0 spiro atoms. The number of hydrogen-bond acceptors (Lipinski definition) is 6. The van der Waals surface area contributed by atoms with E-state index in [-0.39, 0.29) is 18.8 Å². The summed E-state index contributed by atoms with van der Waals surface area (Å²) < 4.78 is 15.8. The van der Waals surface area contributed by atoms with Gasteiger partial charge in [0.05, 0.1) is 19.8 Å². The zero-order valence-electron chi connectivity index (χ0n) is 25.7. The lowest BCUT2D eigenvalue weighted by Crippen LogP contribution is -2.39. The van der Waals surface area contributed by atoms with Gasteiger partial charge in [-0.1, -0.05) is 60.7 Å². The molecule has 0 aromatic heterocycles. The highest BCUT2D eigenvalue weighted by Crippen LogP contribution is 2.09. The Balaban J connectivity index is 1.89. The van der Waals surface area contributed by atoms with Gasteiger partial charge in [-0.25, -0.2) is 14.4 Å². The molecule has 0 unspecified atom stereocenters. The van der Waals surface area contributed by atoms with Crippen molar-refractivity contribution in [3.63, 3.8) is 0 Å². The Morgan fingerprint density at radius 2 is 0.762 bits per heavy atom. The fourth-order valence-electron chi connectivity index (χ4n) is 4.67. The Labute approximate surface area is 251 Å². The fourth-order valence-corrected chi connectivity index (χ4v) is 4.67. The predicted octanol–water partition coefficient (Wildman–Crippen LogP) is 6.41. The summed E-state index contributed by atoms with van der Waals surface area (Å²) >= 11 is 0. The minimum absolute atomic E-state index is 0.276. The summed E-state index contributed by atoms with van der Waals surface area (Å²) in [6.45, 7) is 9.22. The zero-order valence-corrected chi connectivity index (χ0v) is 25.7. The van der Waals surface area contributed by atoms with Crippen molar-refractivity contribution in [1.82, 2.24) is 14.7 Å². The summed E-state index contributed by atoms with van der Waals surface area (Å²) in [5.74, 6) is 0. The molecule has 0 aliphatic rings. The molecule has 0 saturated carbocycles. The number of aryl methyl sites for hydroxylation is 2. The van der Waals surface area contributed by atoms with Crippen LogP contribution in [0.5, 0.6) is 0 Å². The van der Waals surface area contributed by atoms with E-state index in [0.29, 0.717) is 65.3 Å². The second-order valence-corrected chi connectivity index (χ2v) is 9.94. The summed E-state index contributed by atoms with van der Waals surface area (Å²) in [4.78, 5) is 43.0. The van der Waals surface area contributed by atoms with Crippen LogP contribution in [0.15, 0.2) is 60.7 Å². The smallest absolute Gasteiger partial charge is 0.409 e. The molecule has 2 aromatic rings. The van der Waals surface area contributed by atoms with Crippen molar-refractivity contribution in [2.45, 2.75) is 59.3 Å². The first-order valence-electron chi connectivity index (χ1n) is 15.3. The van der Waals surface area contributed by atoms with Crippen molar-refractivity contribution in [2.24, 2.45) is 0 Å². The van der Waals surface area contributed by atoms with Crippen LogP contribution < -0.4 is 0 Å². The van der Waals surface area contributed by atoms with Crippen molar-refractivity contribution in [3.05, 3.63) is 71.8 Å². The maximum Gasteiger partial charge on any atom is 0.409 e. The van der Waals surface area contributed by atoms with Gasteiger partial charge in [0.1, 0.15) is 0 Å². The van der Waals surface area contributed by atoms with Gasteiger partial charge in [-0.2, -0.15) is 0 Å². The Bertz CT molecular complexity index is 947. The van der Waals surface area contributed by atoms with Crippen LogP contribution in [0.2, 0.25) is 0 Å². The molecular formula is C33H49N3O6. The van der Waals surface area contributed by atoms with Gasteiger partial charge in [-0.15, -0.1) is 0 Å². The molecule has 2 aromatic carbocycles. The average molecular weight is 584 g/mol. The summed E-state index contributed by atoms with van der Waals surface area (Å²) in [5.41, 5.74) is 2.46. The molecule has 232 valence electrons. The number of rotatable bonds is 19. The minimum atomic E-state index is -0.393. The molecule has 9 nitrogen and oxygen atoms in total. The Hall–Kier alpha value is -3.75. The number of carbonyl (C=O) groups is 3. The Morgan fingerprint density at radius 1 is 0.476 bits per heavy atom. The minimum Gasteiger partial charge on any atom is -0.450 e. The van der Waals surface area contributed by atoms with Crippen molar-refractivity contribution >= 4 is 18.3 Å². The molecule has 3 amide bonds. The van der Waals surface area contributed by atoms with Crippen LogP contribution in [0.4, 0.5) is 14.4 Å². The van der Waals surface area contributed by atoms with E-state index < -0.39 is 6.09 Å². The first-order valence-corrected chi connectivity index (χ1v) is 15.3. The van der Waals surface area contributed by atoms with Gasteiger partial charge in [0, 0.05) is 39.3 Å². The Kier molecular flexibility index (Phi) is 17.2. The molecule has 0 saturated heterocycles. The van der Waals surface area contributed by atoms with Gasteiger partial charge in [0.15, 0.2) is 0 Å². The summed E-state index contributed by atoms with van der Waals surface area (Å²) in [5, 5.41) is 0. The van der Waals surface area contributed by atoms with E-state index >= 15 is 0 Å². The van der Waals surface area contributed by atoms with Crippen LogP contribution in [0.3, 0.4) is 0 Å². The fraction of sp³-hybridized carbons (Fsp3) is 0.545. The lowest BCUT2D eigenvalue weighted by molar-refractivity contribution is 0.0933.